The number of aromatic hydroxyl groups is 1. The molecule has 0 unspecified atom stereocenters. The Kier molecular flexibility index (Phi) is 4.93. The third kappa shape index (κ3) is 3.94. The Labute approximate surface area is 106 Å². The van der Waals surface area contributed by atoms with Crippen molar-refractivity contribution in [2.45, 2.75) is 13.8 Å². The number of aliphatic carboxylic acids is 1. The van der Waals surface area contributed by atoms with E-state index in [1.54, 1.807) is 32.1 Å². The van der Waals surface area contributed by atoms with Gasteiger partial charge in [0.05, 0.1) is 0 Å². The molecule has 2 aromatic rings. The molecule has 0 aromatic heterocycles. The Bertz CT molecular complexity index is 571. The van der Waals surface area contributed by atoms with E-state index in [1.807, 2.05) is 30.3 Å². The summed E-state index contributed by atoms with van der Waals surface area (Å²) >= 11 is 0. The summed E-state index contributed by atoms with van der Waals surface area (Å²) in [5, 5.41) is 19.5. The molecule has 0 bridgehead atoms. The van der Waals surface area contributed by atoms with Crippen LogP contribution in [0.25, 0.3) is 10.8 Å². The predicted molar refractivity (Wildman–Crippen MR) is 72.7 cm³/mol. The number of hydrogen-bond donors (Lipinski definition) is 2. The maximum atomic E-state index is 9.86. The van der Waals surface area contributed by atoms with E-state index in [4.69, 9.17) is 10.2 Å². The lowest BCUT2D eigenvalue weighted by Gasteiger charge is -1.96. The minimum atomic E-state index is -0.845. The Morgan fingerprint density at radius 3 is 2.22 bits per heavy atom. The first-order valence-corrected chi connectivity index (χ1v) is 5.58. The monoisotopic (exact) mass is 244 g/mol. The van der Waals surface area contributed by atoms with Crippen LogP contribution in [0.5, 0.6) is 5.75 Å². The van der Waals surface area contributed by atoms with Gasteiger partial charge in [0.2, 0.25) is 0 Å². The largest absolute Gasteiger partial charge is 0.508 e. The van der Waals surface area contributed by atoms with Crippen molar-refractivity contribution in [2.24, 2.45) is 0 Å². The Morgan fingerprint density at radius 2 is 1.72 bits per heavy atom. The third-order valence-electron chi connectivity index (χ3n) is 2.50. The quantitative estimate of drug-likeness (QED) is 0.754. The SMILES string of the molecule is CC=C(C)C(=O)O.Oc1ccc2ccccc2c1. The number of rotatable bonds is 1. The zero-order chi connectivity index (χ0) is 13.5. The molecule has 0 aliphatic rings. The first kappa shape index (κ1) is 13.8. The smallest absolute Gasteiger partial charge is 0.330 e. The second-order valence-electron chi connectivity index (χ2n) is 3.81. The van der Waals surface area contributed by atoms with Gasteiger partial charge in [0.15, 0.2) is 0 Å². The van der Waals surface area contributed by atoms with Crippen molar-refractivity contribution in [2.75, 3.05) is 0 Å². The minimum absolute atomic E-state index is 0.323. The molecule has 18 heavy (non-hydrogen) atoms. The van der Waals surface area contributed by atoms with Crippen LogP contribution in [0.4, 0.5) is 0 Å². The second-order valence-corrected chi connectivity index (χ2v) is 3.81. The highest BCUT2D eigenvalue weighted by Gasteiger charge is 1.93. The van der Waals surface area contributed by atoms with Crippen LogP contribution in [0.15, 0.2) is 54.1 Å². The van der Waals surface area contributed by atoms with Gasteiger partial charge in [0.25, 0.3) is 0 Å². The van der Waals surface area contributed by atoms with Crippen molar-refractivity contribution in [1.82, 2.24) is 0 Å². The summed E-state index contributed by atoms with van der Waals surface area (Å²) in [5.41, 5.74) is 0.389. The van der Waals surface area contributed by atoms with Crippen LogP contribution in [-0.2, 0) is 4.79 Å². The number of phenols is 1. The van der Waals surface area contributed by atoms with Gasteiger partial charge in [-0.15, -0.1) is 0 Å². The topological polar surface area (TPSA) is 57.5 Å². The fourth-order valence-corrected chi connectivity index (χ4v) is 1.30. The number of fused-ring (bicyclic) bond motifs is 1. The molecule has 0 heterocycles. The van der Waals surface area contributed by atoms with E-state index < -0.39 is 5.97 Å². The fourth-order valence-electron chi connectivity index (χ4n) is 1.30. The Balaban J connectivity index is 0.000000203. The zero-order valence-electron chi connectivity index (χ0n) is 10.4. The molecule has 0 amide bonds. The van der Waals surface area contributed by atoms with Gasteiger partial charge in [-0.1, -0.05) is 36.4 Å². The van der Waals surface area contributed by atoms with Crippen LogP contribution in [0, 0.1) is 0 Å². The highest BCUT2D eigenvalue weighted by molar-refractivity contribution is 5.85. The first-order chi connectivity index (χ1) is 8.54. The molecule has 0 aliphatic carbocycles. The first-order valence-electron chi connectivity index (χ1n) is 5.58. The molecule has 94 valence electrons. The molecular weight excluding hydrogens is 228 g/mol. The van der Waals surface area contributed by atoms with E-state index in [1.165, 1.54) is 0 Å². The lowest BCUT2D eigenvalue weighted by molar-refractivity contribution is -0.132. The van der Waals surface area contributed by atoms with Gasteiger partial charge in [-0.3, -0.25) is 0 Å². The number of phenolic OH excluding ortho intramolecular Hbond substituents is 1. The van der Waals surface area contributed by atoms with Gasteiger partial charge in [-0.2, -0.15) is 0 Å². The van der Waals surface area contributed by atoms with Gasteiger partial charge >= 0.3 is 5.97 Å². The van der Waals surface area contributed by atoms with E-state index in [0.29, 0.717) is 11.3 Å². The van der Waals surface area contributed by atoms with Gasteiger partial charge in [-0.25, -0.2) is 4.79 Å². The molecule has 2 N–H and O–H groups in total. The standard InChI is InChI=1S/C10H8O.C5H8O2/c11-10-6-5-8-3-1-2-4-9(8)7-10;1-3-4(2)5(6)7/h1-7,11H;3H,1-2H3,(H,6,7). The van der Waals surface area contributed by atoms with Crippen LogP contribution in [0.2, 0.25) is 0 Å². The van der Waals surface area contributed by atoms with Gasteiger partial charge in [-0.05, 0) is 36.8 Å². The molecule has 0 fully saturated rings. The van der Waals surface area contributed by atoms with E-state index in [9.17, 15) is 4.79 Å². The van der Waals surface area contributed by atoms with Crippen molar-refractivity contribution in [3.8, 4) is 5.75 Å². The molecule has 2 aromatic carbocycles. The molecule has 0 aliphatic heterocycles. The summed E-state index contributed by atoms with van der Waals surface area (Å²) < 4.78 is 0. The third-order valence-corrected chi connectivity index (χ3v) is 2.50. The van der Waals surface area contributed by atoms with Crippen LogP contribution >= 0.6 is 0 Å². The number of carboxylic acids is 1. The average molecular weight is 244 g/mol. The van der Waals surface area contributed by atoms with Crippen LogP contribution in [-0.4, -0.2) is 16.2 Å². The van der Waals surface area contributed by atoms with Crippen LogP contribution in [0.3, 0.4) is 0 Å². The minimum Gasteiger partial charge on any atom is -0.508 e. The molecule has 0 atom stereocenters. The molecule has 0 saturated heterocycles. The number of allylic oxidation sites excluding steroid dienone is 1. The summed E-state index contributed by atoms with van der Waals surface area (Å²) in [5.74, 6) is -0.522. The average Bonchev–Trinajstić information content (AvgIpc) is 2.38. The van der Waals surface area contributed by atoms with Gasteiger partial charge in [0, 0.05) is 5.57 Å². The van der Waals surface area contributed by atoms with E-state index in [2.05, 4.69) is 0 Å². The molecule has 3 heteroatoms. The van der Waals surface area contributed by atoms with Gasteiger partial charge < -0.3 is 10.2 Å². The van der Waals surface area contributed by atoms with Crippen molar-refractivity contribution >= 4 is 16.7 Å². The summed E-state index contributed by atoms with van der Waals surface area (Å²) in [6.45, 7) is 3.26. The van der Waals surface area contributed by atoms with Gasteiger partial charge in [0.1, 0.15) is 5.75 Å². The van der Waals surface area contributed by atoms with Crippen LogP contribution in [0.1, 0.15) is 13.8 Å². The lowest BCUT2D eigenvalue weighted by Crippen LogP contribution is -1.93. The van der Waals surface area contributed by atoms with E-state index in [0.717, 1.165) is 10.8 Å². The van der Waals surface area contributed by atoms with Crippen molar-refractivity contribution in [1.29, 1.82) is 0 Å². The molecule has 0 saturated carbocycles. The highest BCUT2D eigenvalue weighted by atomic mass is 16.4. The zero-order valence-corrected chi connectivity index (χ0v) is 10.4. The summed E-state index contributed by atoms with van der Waals surface area (Å²) in [7, 11) is 0. The Morgan fingerprint density at radius 1 is 1.11 bits per heavy atom. The molecule has 3 nitrogen and oxygen atoms in total. The maximum Gasteiger partial charge on any atom is 0.330 e. The molecule has 2 rings (SSSR count). The summed E-state index contributed by atoms with van der Waals surface area (Å²) in [6, 6.07) is 13.3. The van der Waals surface area contributed by atoms with Crippen molar-refractivity contribution < 1.29 is 15.0 Å². The number of carboxylic acid groups (broad SMARTS) is 1. The van der Waals surface area contributed by atoms with E-state index >= 15 is 0 Å². The van der Waals surface area contributed by atoms with Crippen LogP contribution < -0.4 is 0 Å². The van der Waals surface area contributed by atoms with E-state index in [-0.39, 0.29) is 0 Å². The maximum absolute atomic E-state index is 9.86. The predicted octanol–water partition coefficient (Wildman–Crippen LogP) is 3.58. The normalized spacial score (nSPS) is 10.7. The lowest BCUT2D eigenvalue weighted by atomic mass is 10.1. The number of carbonyl (C=O) groups is 1. The molecule has 0 spiro atoms. The van der Waals surface area contributed by atoms with Crippen molar-refractivity contribution in [3.05, 3.63) is 54.1 Å². The second kappa shape index (κ2) is 6.45. The number of hydrogen-bond acceptors (Lipinski definition) is 2. The molecule has 0 radical (unpaired) electrons. The summed E-state index contributed by atoms with van der Waals surface area (Å²) in [4.78, 5) is 9.86. The highest BCUT2D eigenvalue weighted by Crippen LogP contribution is 2.18. The summed E-state index contributed by atoms with van der Waals surface area (Å²) in [6.07, 6.45) is 1.56. The molecular formula is C15H16O3. The fraction of sp³-hybridized carbons (Fsp3) is 0.133. The Hall–Kier alpha value is -2.29. The number of benzene rings is 2. The van der Waals surface area contributed by atoms with Crippen molar-refractivity contribution in [3.63, 3.8) is 0 Å².